The lowest BCUT2D eigenvalue weighted by Crippen LogP contribution is -2.13. The van der Waals surface area contributed by atoms with Gasteiger partial charge in [-0.05, 0) is 37.5 Å². The summed E-state index contributed by atoms with van der Waals surface area (Å²) < 4.78 is 5.26. The van der Waals surface area contributed by atoms with E-state index >= 15 is 0 Å². The summed E-state index contributed by atoms with van der Waals surface area (Å²) in [5.41, 5.74) is 0.0932. The minimum atomic E-state index is -0.0170. The highest BCUT2D eigenvalue weighted by molar-refractivity contribution is 5.78. The lowest BCUT2D eigenvalue weighted by molar-refractivity contribution is -0.146. The van der Waals surface area contributed by atoms with E-state index in [9.17, 15) is 4.79 Å². The van der Waals surface area contributed by atoms with Crippen LogP contribution in [-0.4, -0.2) is 12.6 Å². The van der Waals surface area contributed by atoms with Gasteiger partial charge >= 0.3 is 5.97 Å². The molecule has 0 N–H and O–H groups in total. The smallest absolute Gasteiger partial charge is 0.309 e. The summed E-state index contributed by atoms with van der Waals surface area (Å²) in [5, 5.41) is 0. The minimum absolute atomic E-state index is 0.0170. The molecule has 20 heavy (non-hydrogen) atoms. The largest absolute Gasteiger partial charge is 0.466 e. The zero-order valence-electron chi connectivity index (χ0n) is 13.2. The number of unbranched alkanes of at least 4 members (excludes halogenated alkanes) is 3. The van der Waals surface area contributed by atoms with Crippen molar-refractivity contribution in [3.63, 3.8) is 0 Å². The van der Waals surface area contributed by atoms with Crippen molar-refractivity contribution in [2.24, 2.45) is 17.3 Å². The summed E-state index contributed by atoms with van der Waals surface area (Å²) >= 11 is 0. The third-order valence-electron chi connectivity index (χ3n) is 4.63. The first-order chi connectivity index (χ1) is 9.67. The molecule has 2 nitrogen and oxygen atoms in total. The molecule has 0 aromatic heterocycles. The van der Waals surface area contributed by atoms with Crippen LogP contribution >= 0.6 is 0 Å². The Balaban J connectivity index is 2.71. The highest BCUT2D eigenvalue weighted by Crippen LogP contribution is 2.66. The molecular formula is C18H30O2. The number of hydrogen-bond acceptors (Lipinski definition) is 2. The van der Waals surface area contributed by atoms with Crippen LogP contribution < -0.4 is 0 Å². The van der Waals surface area contributed by atoms with Gasteiger partial charge in [0.2, 0.25) is 0 Å². The Hall–Kier alpha value is -1.05. The first kappa shape index (κ1) is 17.0. The van der Waals surface area contributed by atoms with Crippen molar-refractivity contribution >= 4 is 5.97 Å². The van der Waals surface area contributed by atoms with Gasteiger partial charge in [0.25, 0.3) is 0 Å². The number of carbonyl (C=O) groups excluding carboxylic acids is 1. The van der Waals surface area contributed by atoms with Crippen molar-refractivity contribution in [2.75, 3.05) is 6.61 Å². The van der Waals surface area contributed by atoms with Crippen LogP contribution in [0.3, 0.4) is 0 Å². The fourth-order valence-corrected chi connectivity index (χ4v) is 3.63. The Kier molecular flexibility index (Phi) is 7.04. The Labute approximate surface area is 124 Å². The van der Waals surface area contributed by atoms with Crippen LogP contribution in [0.2, 0.25) is 0 Å². The fraction of sp³-hybridized carbons (Fsp3) is 0.722. The normalized spacial score (nSPS) is 27.9. The third kappa shape index (κ3) is 3.74. The second-order valence-corrected chi connectivity index (χ2v) is 5.90. The van der Waals surface area contributed by atoms with Crippen molar-refractivity contribution in [1.82, 2.24) is 0 Å². The van der Waals surface area contributed by atoms with E-state index in [1.54, 1.807) is 0 Å². The number of allylic oxidation sites excluding steroid dienone is 2. The molecular weight excluding hydrogens is 248 g/mol. The van der Waals surface area contributed by atoms with E-state index in [1.807, 2.05) is 19.1 Å². The molecule has 114 valence electrons. The summed E-state index contributed by atoms with van der Waals surface area (Å²) in [7, 11) is 0. The predicted octanol–water partition coefficient (Wildman–Crippen LogP) is 4.90. The Morgan fingerprint density at radius 2 is 1.95 bits per heavy atom. The molecule has 0 radical (unpaired) electrons. The van der Waals surface area contributed by atoms with E-state index in [-0.39, 0.29) is 17.3 Å². The first-order valence-corrected chi connectivity index (χ1v) is 8.06. The summed E-state index contributed by atoms with van der Waals surface area (Å²) in [6, 6.07) is 0. The maximum absolute atomic E-state index is 12.2. The predicted molar refractivity (Wildman–Crippen MR) is 84.4 cm³/mol. The molecule has 0 saturated heterocycles. The van der Waals surface area contributed by atoms with E-state index in [0.29, 0.717) is 12.5 Å². The molecule has 2 heteroatoms. The van der Waals surface area contributed by atoms with E-state index < -0.39 is 0 Å². The Bertz CT molecular complexity index is 334. The maximum Gasteiger partial charge on any atom is 0.309 e. The van der Waals surface area contributed by atoms with Crippen LogP contribution in [0.1, 0.15) is 58.8 Å². The monoisotopic (exact) mass is 278 g/mol. The topological polar surface area (TPSA) is 26.3 Å². The summed E-state index contributed by atoms with van der Waals surface area (Å²) in [6.45, 7) is 12.3. The van der Waals surface area contributed by atoms with E-state index in [2.05, 4.69) is 20.1 Å². The van der Waals surface area contributed by atoms with Crippen LogP contribution in [-0.2, 0) is 9.53 Å². The lowest BCUT2D eigenvalue weighted by Gasteiger charge is -2.16. The SMILES string of the molecule is C=CC[C@@H]1[C@@H](C(=O)OCC)[C@@]1(CC=C)CCCCCC. The number of carbonyl (C=O) groups is 1. The molecule has 0 spiro atoms. The van der Waals surface area contributed by atoms with Gasteiger partial charge in [-0.2, -0.15) is 0 Å². The van der Waals surface area contributed by atoms with Crippen molar-refractivity contribution in [1.29, 1.82) is 0 Å². The van der Waals surface area contributed by atoms with Crippen LogP contribution in [0.25, 0.3) is 0 Å². The summed E-state index contributed by atoms with van der Waals surface area (Å²) in [5.74, 6) is 0.440. The van der Waals surface area contributed by atoms with Crippen LogP contribution in [0.4, 0.5) is 0 Å². The van der Waals surface area contributed by atoms with Gasteiger partial charge in [-0.15, -0.1) is 13.2 Å². The molecule has 1 fully saturated rings. The van der Waals surface area contributed by atoms with Crippen molar-refractivity contribution in [3.8, 4) is 0 Å². The lowest BCUT2D eigenvalue weighted by atomic mass is 9.89. The Morgan fingerprint density at radius 3 is 2.50 bits per heavy atom. The fourth-order valence-electron chi connectivity index (χ4n) is 3.63. The molecule has 0 unspecified atom stereocenters. The standard InChI is InChI=1S/C18H30O2/c1-5-9-10-11-14-18(13-7-3)15(12-6-2)16(18)17(19)20-8-4/h6-7,15-16H,2-3,5,8-14H2,1,4H3/t15-,16+,18+/m1/s1. The van der Waals surface area contributed by atoms with Crippen LogP contribution in [0.15, 0.2) is 25.3 Å². The molecule has 1 saturated carbocycles. The number of hydrogen-bond donors (Lipinski definition) is 0. The van der Waals surface area contributed by atoms with Gasteiger partial charge in [-0.1, -0.05) is 44.8 Å². The Morgan fingerprint density at radius 1 is 1.20 bits per heavy atom. The van der Waals surface area contributed by atoms with Gasteiger partial charge in [0.05, 0.1) is 12.5 Å². The molecule has 0 aliphatic heterocycles. The van der Waals surface area contributed by atoms with Crippen molar-refractivity contribution < 1.29 is 9.53 Å². The molecule has 1 aliphatic rings. The minimum Gasteiger partial charge on any atom is -0.466 e. The van der Waals surface area contributed by atoms with Gasteiger partial charge in [0, 0.05) is 0 Å². The van der Waals surface area contributed by atoms with Crippen molar-refractivity contribution in [3.05, 3.63) is 25.3 Å². The molecule has 0 amide bonds. The highest BCUT2D eigenvalue weighted by Gasteiger charge is 2.66. The summed E-state index contributed by atoms with van der Waals surface area (Å²) in [6.07, 6.45) is 11.8. The highest BCUT2D eigenvalue weighted by atomic mass is 16.5. The van der Waals surface area contributed by atoms with Crippen LogP contribution in [0, 0.1) is 17.3 Å². The third-order valence-corrected chi connectivity index (χ3v) is 4.63. The average molecular weight is 278 g/mol. The van der Waals surface area contributed by atoms with E-state index in [0.717, 1.165) is 19.3 Å². The second kappa shape index (κ2) is 8.28. The quantitative estimate of drug-likeness (QED) is 0.305. The molecule has 0 heterocycles. The van der Waals surface area contributed by atoms with Gasteiger partial charge in [-0.25, -0.2) is 0 Å². The maximum atomic E-state index is 12.2. The molecule has 0 bridgehead atoms. The zero-order valence-corrected chi connectivity index (χ0v) is 13.2. The molecule has 1 rings (SSSR count). The van der Waals surface area contributed by atoms with Gasteiger partial charge in [0.15, 0.2) is 0 Å². The molecule has 3 atom stereocenters. The average Bonchev–Trinajstić information content (AvgIpc) is 3.03. The van der Waals surface area contributed by atoms with Crippen molar-refractivity contribution in [2.45, 2.75) is 58.8 Å². The molecule has 0 aromatic carbocycles. The zero-order chi connectivity index (χ0) is 15.0. The van der Waals surface area contributed by atoms with Gasteiger partial charge in [-0.3, -0.25) is 4.79 Å². The van der Waals surface area contributed by atoms with Gasteiger partial charge < -0.3 is 4.74 Å². The molecule has 0 aromatic rings. The second-order valence-electron chi connectivity index (χ2n) is 5.90. The van der Waals surface area contributed by atoms with E-state index in [4.69, 9.17) is 4.74 Å². The number of esters is 1. The molecule has 1 aliphatic carbocycles. The van der Waals surface area contributed by atoms with E-state index in [1.165, 1.54) is 25.7 Å². The van der Waals surface area contributed by atoms with Crippen LogP contribution in [0.5, 0.6) is 0 Å². The number of rotatable bonds is 11. The number of ether oxygens (including phenoxy) is 1. The summed E-state index contributed by atoms with van der Waals surface area (Å²) in [4.78, 5) is 12.2. The first-order valence-electron chi connectivity index (χ1n) is 8.06. The van der Waals surface area contributed by atoms with Gasteiger partial charge in [0.1, 0.15) is 0 Å².